The number of nitrogens with one attached hydrogen (secondary N) is 1. The van der Waals surface area contributed by atoms with Crippen LogP contribution in [0, 0.1) is 0 Å². The zero-order chi connectivity index (χ0) is 12.4. The molecule has 3 aromatic rings. The first kappa shape index (κ1) is 11.4. The lowest BCUT2D eigenvalue weighted by Gasteiger charge is -2.08. The molecule has 0 aliphatic heterocycles. The molecule has 3 rings (SSSR count). The largest absolute Gasteiger partial charge is 0.336 e. The first-order chi connectivity index (χ1) is 8.88. The molecule has 2 heterocycles. The molecule has 4 heteroatoms. The van der Waals surface area contributed by atoms with Crippen LogP contribution in [-0.4, -0.2) is 16.6 Å². The van der Waals surface area contributed by atoms with E-state index in [1.165, 1.54) is 16.6 Å². The zero-order valence-corrected chi connectivity index (χ0v) is 11.1. The molecule has 0 aliphatic carbocycles. The van der Waals surface area contributed by atoms with Crippen molar-refractivity contribution < 1.29 is 0 Å². The molecular weight excluding hydrogens is 242 g/mol. The molecule has 0 spiro atoms. The number of rotatable bonds is 4. The van der Waals surface area contributed by atoms with Gasteiger partial charge in [0.25, 0.3) is 0 Å². The van der Waals surface area contributed by atoms with Crippen LogP contribution in [0.15, 0.2) is 41.9 Å². The average molecular weight is 257 g/mol. The zero-order valence-electron chi connectivity index (χ0n) is 10.3. The Labute approximate surface area is 110 Å². The van der Waals surface area contributed by atoms with Gasteiger partial charge in [-0.25, -0.2) is 4.98 Å². The van der Waals surface area contributed by atoms with Crippen molar-refractivity contribution in [3.05, 3.63) is 52.6 Å². The minimum atomic E-state index is 0.849. The summed E-state index contributed by atoms with van der Waals surface area (Å²) >= 11 is 1.70. The van der Waals surface area contributed by atoms with E-state index in [2.05, 4.69) is 45.2 Å². The van der Waals surface area contributed by atoms with Crippen molar-refractivity contribution in [3.8, 4) is 0 Å². The van der Waals surface area contributed by atoms with Gasteiger partial charge < -0.3 is 9.88 Å². The summed E-state index contributed by atoms with van der Waals surface area (Å²) in [5.41, 5.74) is 2.58. The third kappa shape index (κ3) is 2.05. The van der Waals surface area contributed by atoms with Crippen molar-refractivity contribution in [1.29, 1.82) is 0 Å². The SMILES string of the molecule is CNCc1cc2ccccc2n1Cc1nccs1. The van der Waals surface area contributed by atoms with Gasteiger partial charge >= 0.3 is 0 Å². The van der Waals surface area contributed by atoms with Gasteiger partial charge in [0.2, 0.25) is 0 Å². The number of thiazole rings is 1. The van der Waals surface area contributed by atoms with Crippen molar-refractivity contribution in [3.63, 3.8) is 0 Å². The van der Waals surface area contributed by atoms with E-state index in [0.717, 1.165) is 18.1 Å². The average Bonchev–Trinajstić information content (AvgIpc) is 3.00. The summed E-state index contributed by atoms with van der Waals surface area (Å²) in [5.74, 6) is 0. The van der Waals surface area contributed by atoms with Gasteiger partial charge in [-0.1, -0.05) is 18.2 Å². The highest BCUT2D eigenvalue weighted by molar-refractivity contribution is 7.09. The summed E-state index contributed by atoms with van der Waals surface area (Å²) in [4.78, 5) is 4.38. The maximum absolute atomic E-state index is 4.38. The second-order valence-electron chi connectivity index (χ2n) is 4.24. The lowest BCUT2D eigenvalue weighted by Crippen LogP contribution is -2.11. The lowest BCUT2D eigenvalue weighted by atomic mass is 10.2. The summed E-state index contributed by atoms with van der Waals surface area (Å²) in [7, 11) is 1.98. The maximum atomic E-state index is 4.38. The van der Waals surface area contributed by atoms with Crippen LogP contribution in [0.5, 0.6) is 0 Å². The smallest absolute Gasteiger partial charge is 0.112 e. The Morgan fingerprint density at radius 1 is 1.33 bits per heavy atom. The summed E-state index contributed by atoms with van der Waals surface area (Å²) in [6.45, 7) is 1.72. The van der Waals surface area contributed by atoms with Crippen molar-refractivity contribution in [2.45, 2.75) is 13.1 Å². The van der Waals surface area contributed by atoms with Crippen LogP contribution in [-0.2, 0) is 13.1 Å². The fraction of sp³-hybridized carbons (Fsp3) is 0.214. The molecule has 2 aromatic heterocycles. The normalized spacial score (nSPS) is 11.2. The molecule has 0 saturated heterocycles. The fourth-order valence-electron chi connectivity index (χ4n) is 2.25. The van der Waals surface area contributed by atoms with Crippen LogP contribution >= 0.6 is 11.3 Å². The van der Waals surface area contributed by atoms with E-state index in [4.69, 9.17) is 0 Å². The standard InChI is InChI=1S/C14H15N3S/c1-15-9-12-8-11-4-2-3-5-13(11)17(12)10-14-16-6-7-18-14/h2-8,15H,9-10H2,1H3. The Bertz CT molecular complexity index is 640. The first-order valence-electron chi connectivity index (χ1n) is 5.98. The number of para-hydroxylation sites is 1. The monoisotopic (exact) mass is 257 g/mol. The van der Waals surface area contributed by atoms with Crippen LogP contribution in [0.25, 0.3) is 10.9 Å². The molecule has 1 aromatic carbocycles. The molecule has 0 bridgehead atoms. The molecule has 0 unspecified atom stereocenters. The topological polar surface area (TPSA) is 29.9 Å². The van der Waals surface area contributed by atoms with Gasteiger partial charge in [-0.3, -0.25) is 0 Å². The molecule has 0 radical (unpaired) electrons. The van der Waals surface area contributed by atoms with Crippen molar-refractivity contribution >= 4 is 22.2 Å². The quantitative estimate of drug-likeness (QED) is 0.779. The van der Waals surface area contributed by atoms with E-state index in [0.29, 0.717) is 0 Å². The molecule has 18 heavy (non-hydrogen) atoms. The predicted octanol–water partition coefficient (Wildman–Crippen LogP) is 2.87. The highest BCUT2D eigenvalue weighted by Crippen LogP contribution is 2.21. The lowest BCUT2D eigenvalue weighted by molar-refractivity contribution is 0.707. The molecule has 92 valence electrons. The highest BCUT2D eigenvalue weighted by Gasteiger charge is 2.09. The van der Waals surface area contributed by atoms with Crippen LogP contribution in [0.3, 0.4) is 0 Å². The summed E-state index contributed by atoms with van der Waals surface area (Å²) in [6, 6.07) is 10.7. The van der Waals surface area contributed by atoms with Gasteiger partial charge in [-0.2, -0.15) is 0 Å². The van der Waals surface area contributed by atoms with Crippen LogP contribution in [0.4, 0.5) is 0 Å². The Morgan fingerprint density at radius 2 is 2.22 bits per heavy atom. The van der Waals surface area contributed by atoms with Crippen LogP contribution < -0.4 is 5.32 Å². The minimum absolute atomic E-state index is 0.849. The Balaban J connectivity index is 2.09. The van der Waals surface area contributed by atoms with E-state index in [-0.39, 0.29) is 0 Å². The molecule has 0 amide bonds. The molecule has 0 fully saturated rings. The van der Waals surface area contributed by atoms with Crippen molar-refractivity contribution in [2.75, 3.05) is 7.05 Å². The molecule has 0 atom stereocenters. The maximum Gasteiger partial charge on any atom is 0.112 e. The highest BCUT2D eigenvalue weighted by atomic mass is 32.1. The molecule has 3 nitrogen and oxygen atoms in total. The fourth-order valence-corrected chi connectivity index (χ4v) is 2.85. The number of hydrogen-bond donors (Lipinski definition) is 1. The summed E-state index contributed by atoms with van der Waals surface area (Å²) in [5, 5.41) is 7.69. The minimum Gasteiger partial charge on any atom is -0.336 e. The third-order valence-electron chi connectivity index (χ3n) is 3.03. The number of hydrogen-bond acceptors (Lipinski definition) is 3. The van der Waals surface area contributed by atoms with E-state index in [1.54, 1.807) is 11.3 Å². The van der Waals surface area contributed by atoms with Gasteiger partial charge in [0.15, 0.2) is 0 Å². The van der Waals surface area contributed by atoms with E-state index in [1.807, 2.05) is 18.6 Å². The van der Waals surface area contributed by atoms with Gasteiger partial charge in [0, 0.05) is 29.3 Å². The molecular formula is C14H15N3S. The van der Waals surface area contributed by atoms with Crippen LogP contribution in [0.1, 0.15) is 10.7 Å². The van der Waals surface area contributed by atoms with Gasteiger partial charge in [-0.05, 0) is 24.6 Å². The molecule has 0 aliphatic rings. The Kier molecular flexibility index (Phi) is 3.13. The summed E-state index contributed by atoms with van der Waals surface area (Å²) < 4.78 is 2.34. The van der Waals surface area contributed by atoms with Gasteiger partial charge in [0.05, 0.1) is 6.54 Å². The second kappa shape index (κ2) is 4.92. The third-order valence-corrected chi connectivity index (χ3v) is 3.80. The molecule has 1 N–H and O–H groups in total. The van der Waals surface area contributed by atoms with E-state index >= 15 is 0 Å². The second-order valence-corrected chi connectivity index (χ2v) is 5.22. The Morgan fingerprint density at radius 3 is 3.00 bits per heavy atom. The van der Waals surface area contributed by atoms with Crippen molar-refractivity contribution in [1.82, 2.24) is 14.9 Å². The van der Waals surface area contributed by atoms with Crippen LogP contribution in [0.2, 0.25) is 0 Å². The van der Waals surface area contributed by atoms with Crippen molar-refractivity contribution in [2.24, 2.45) is 0 Å². The van der Waals surface area contributed by atoms with E-state index < -0.39 is 0 Å². The Hall–Kier alpha value is -1.65. The molecule has 0 saturated carbocycles. The van der Waals surface area contributed by atoms with E-state index in [9.17, 15) is 0 Å². The predicted molar refractivity (Wildman–Crippen MR) is 75.9 cm³/mol. The number of aromatic nitrogens is 2. The number of benzene rings is 1. The number of nitrogens with zero attached hydrogens (tertiary/aromatic N) is 2. The van der Waals surface area contributed by atoms with Gasteiger partial charge in [-0.15, -0.1) is 11.3 Å². The summed E-state index contributed by atoms with van der Waals surface area (Å²) in [6.07, 6.45) is 1.86. The number of fused-ring (bicyclic) bond motifs is 1. The van der Waals surface area contributed by atoms with Gasteiger partial charge in [0.1, 0.15) is 5.01 Å². The first-order valence-corrected chi connectivity index (χ1v) is 6.86.